The van der Waals surface area contributed by atoms with Crippen LogP contribution >= 0.6 is 15.9 Å². The Labute approximate surface area is 132 Å². The number of anilines is 1. The fourth-order valence-electron chi connectivity index (χ4n) is 2.85. The molecule has 2 amide bonds. The van der Waals surface area contributed by atoms with Gasteiger partial charge < -0.3 is 15.7 Å². The highest BCUT2D eigenvalue weighted by atomic mass is 79.9. The second kappa shape index (κ2) is 6.47. The Kier molecular flexibility index (Phi) is 4.88. The molecule has 2 atom stereocenters. The molecule has 2 unspecified atom stereocenters. The molecular weight excluding hydrogens is 336 g/mol. The Morgan fingerprint density at radius 1 is 1.24 bits per heavy atom. The first-order valence-electron chi connectivity index (χ1n) is 6.95. The molecule has 0 aromatic heterocycles. The molecule has 21 heavy (non-hydrogen) atoms. The average molecular weight is 355 g/mol. The maximum Gasteiger partial charge on any atom is 0.319 e. The third-order valence-corrected chi connectivity index (χ3v) is 4.34. The largest absolute Gasteiger partial charge is 0.481 e. The number of aryl methyl sites for hydroxylation is 2. The lowest BCUT2D eigenvalue weighted by molar-refractivity contribution is -0.142. The average Bonchev–Trinajstić information content (AvgIpc) is 2.82. The smallest absolute Gasteiger partial charge is 0.319 e. The van der Waals surface area contributed by atoms with Crippen molar-refractivity contribution >= 4 is 33.6 Å². The molecule has 1 saturated carbocycles. The predicted octanol–water partition coefficient (Wildman–Crippen LogP) is 3.44. The first-order valence-corrected chi connectivity index (χ1v) is 7.75. The highest BCUT2D eigenvalue weighted by Crippen LogP contribution is 2.27. The molecule has 1 aliphatic rings. The van der Waals surface area contributed by atoms with Crippen molar-refractivity contribution in [2.24, 2.45) is 5.92 Å². The number of benzene rings is 1. The van der Waals surface area contributed by atoms with Gasteiger partial charge in [0.2, 0.25) is 0 Å². The molecule has 0 heterocycles. The minimum absolute atomic E-state index is 0.293. The molecule has 0 radical (unpaired) electrons. The minimum atomic E-state index is -0.839. The van der Waals surface area contributed by atoms with Crippen molar-refractivity contribution in [2.45, 2.75) is 39.2 Å². The summed E-state index contributed by atoms with van der Waals surface area (Å²) < 4.78 is 0.963. The molecule has 0 bridgehead atoms. The number of amides is 2. The van der Waals surface area contributed by atoms with Gasteiger partial charge in [-0.2, -0.15) is 0 Å². The van der Waals surface area contributed by atoms with Gasteiger partial charge in [0.15, 0.2) is 0 Å². The minimum Gasteiger partial charge on any atom is -0.481 e. The summed E-state index contributed by atoms with van der Waals surface area (Å²) in [7, 11) is 0. The quantitative estimate of drug-likeness (QED) is 0.777. The molecule has 1 fully saturated rings. The summed E-state index contributed by atoms with van der Waals surface area (Å²) in [5, 5.41) is 14.7. The highest BCUT2D eigenvalue weighted by Gasteiger charge is 2.33. The molecule has 114 valence electrons. The molecule has 0 saturated heterocycles. The van der Waals surface area contributed by atoms with Crippen molar-refractivity contribution in [3.8, 4) is 0 Å². The lowest BCUT2D eigenvalue weighted by atomic mass is 10.0. The monoisotopic (exact) mass is 354 g/mol. The fourth-order valence-corrected chi connectivity index (χ4v) is 3.54. The third-order valence-electron chi connectivity index (χ3n) is 3.89. The number of carboxylic acid groups (broad SMARTS) is 1. The van der Waals surface area contributed by atoms with E-state index >= 15 is 0 Å². The van der Waals surface area contributed by atoms with Crippen molar-refractivity contribution < 1.29 is 14.7 Å². The molecule has 6 heteroatoms. The topological polar surface area (TPSA) is 78.4 Å². The maximum atomic E-state index is 12.1. The molecule has 0 aliphatic heterocycles. The Hall–Kier alpha value is -1.56. The SMILES string of the molecule is Cc1cc(Br)cc(C)c1NC(=O)NC1CCCC1C(=O)O. The number of aliphatic carboxylic acids is 1. The number of halogens is 1. The van der Waals surface area contributed by atoms with Crippen LogP contribution in [0.3, 0.4) is 0 Å². The van der Waals surface area contributed by atoms with E-state index in [9.17, 15) is 9.59 Å². The second-order valence-corrected chi connectivity index (χ2v) is 6.41. The number of carbonyl (C=O) groups excluding carboxylic acids is 1. The highest BCUT2D eigenvalue weighted by molar-refractivity contribution is 9.10. The lowest BCUT2D eigenvalue weighted by Gasteiger charge is -2.19. The van der Waals surface area contributed by atoms with Gasteiger partial charge in [-0.3, -0.25) is 4.79 Å². The van der Waals surface area contributed by atoms with E-state index in [-0.39, 0.29) is 12.1 Å². The molecule has 1 aliphatic carbocycles. The second-order valence-electron chi connectivity index (χ2n) is 5.50. The van der Waals surface area contributed by atoms with Gasteiger partial charge in [0, 0.05) is 16.2 Å². The summed E-state index contributed by atoms with van der Waals surface area (Å²) in [4.78, 5) is 23.2. The van der Waals surface area contributed by atoms with Gasteiger partial charge in [0.05, 0.1) is 5.92 Å². The first-order chi connectivity index (χ1) is 9.88. The Bertz CT molecular complexity index is 551. The van der Waals surface area contributed by atoms with Crippen molar-refractivity contribution in [3.63, 3.8) is 0 Å². The number of carboxylic acids is 1. The standard InChI is InChI=1S/C15H19BrN2O3/c1-8-6-10(16)7-9(2)13(8)18-15(21)17-12-5-3-4-11(12)14(19)20/h6-7,11-12H,3-5H2,1-2H3,(H,19,20)(H2,17,18,21). The summed E-state index contributed by atoms with van der Waals surface area (Å²) in [6, 6.07) is 3.22. The van der Waals surface area contributed by atoms with Gasteiger partial charge >= 0.3 is 12.0 Å². The van der Waals surface area contributed by atoms with Gasteiger partial charge in [-0.05, 0) is 49.9 Å². The number of urea groups is 1. The molecule has 1 aromatic rings. The zero-order valence-electron chi connectivity index (χ0n) is 12.1. The van der Waals surface area contributed by atoms with E-state index in [0.717, 1.165) is 27.7 Å². The number of hydrogen-bond acceptors (Lipinski definition) is 2. The number of nitrogens with one attached hydrogen (secondary N) is 2. The maximum absolute atomic E-state index is 12.1. The van der Waals surface area contributed by atoms with Crippen molar-refractivity contribution in [1.29, 1.82) is 0 Å². The summed E-state index contributed by atoms with van der Waals surface area (Å²) in [5.41, 5.74) is 2.68. The van der Waals surface area contributed by atoms with Crippen LogP contribution in [0.25, 0.3) is 0 Å². The normalized spacial score (nSPS) is 21.1. The van der Waals surface area contributed by atoms with Crippen LogP contribution in [0.4, 0.5) is 10.5 Å². The van der Waals surface area contributed by atoms with E-state index in [2.05, 4.69) is 26.6 Å². The van der Waals surface area contributed by atoms with Crippen LogP contribution in [0.1, 0.15) is 30.4 Å². The molecule has 1 aromatic carbocycles. The van der Waals surface area contributed by atoms with Crippen LogP contribution in [-0.4, -0.2) is 23.1 Å². The van der Waals surface area contributed by atoms with E-state index in [4.69, 9.17) is 5.11 Å². The van der Waals surface area contributed by atoms with Gasteiger partial charge in [-0.15, -0.1) is 0 Å². The Balaban J connectivity index is 2.04. The molecule has 0 spiro atoms. The fraction of sp³-hybridized carbons (Fsp3) is 0.467. The van der Waals surface area contributed by atoms with Crippen molar-refractivity contribution in [2.75, 3.05) is 5.32 Å². The summed E-state index contributed by atoms with van der Waals surface area (Å²) >= 11 is 3.41. The van der Waals surface area contributed by atoms with Gasteiger partial charge in [0.25, 0.3) is 0 Å². The van der Waals surface area contributed by atoms with Crippen LogP contribution < -0.4 is 10.6 Å². The van der Waals surface area contributed by atoms with Crippen molar-refractivity contribution in [1.82, 2.24) is 5.32 Å². The molecular formula is C15H19BrN2O3. The number of hydrogen-bond donors (Lipinski definition) is 3. The summed E-state index contributed by atoms with van der Waals surface area (Å²) in [6.45, 7) is 3.84. The Morgan fingerprint density at radius 2 is 1.86 bits per heavy atom. The van der Waals surface area contributed by atoms with Crippen LogP contribution in [0.2, 0.25) is 0 Å². The van der Waals surface area contributed by atoms with Gasteiger partial charge in [-0.25, -0.2) is 4.79 Å². The van der Waals surface area contributed by atoms with E-state index in [1.165, 1.54) is 0 Å². The molecule has 3 N–H and O–H groups in total. The predicted molar refractivity (Wildman–Crippen MR) is 84.5 cm³/mol. The Morgan fingerprint density at radius 3 is 2.43 bits per heavy atom. The van der Waals surface area contributed by atoms with Crippen LogP contribution in [-0.2, 0) is 4.79 Å². The third kappa shape index (κ3) is 3.75. The van der Waals surface area contributed by atoms with Crippen LogP contribution in [0.5, 0.6) is 0 Å². The van der Waals surface area contributed by atoms with E-state index in [1.807, 2.05) is 26.0 Å². The molecule has 5 nitrogen and oxygen atoms in total. The van der Waals surface area contributed by atoms with Gasteiger partial charge in [0.1, 0.15) is 0 Å². The summed E-state index contributed by atoms with van der Waals surface area (Å²) in [6.07, 6.45) is 2.16. The number of rotatable bonds is 3. The zero-order chi connectivity index (χ0) is 15.6. The van der Waals surface area contributed by atoms with E-state index in [1.54, 1.807) is 0 Å². The first kappa shape index (κ1) is 15.8. The van der Waals surface area contributed by atoms with E-state index in [0.29, 0.717) is 12.8 Å². The molecule has 2 rings (SSSR count). The zero-order valence-corrected chi connectivity index (χ0v) is 13.7. The lowest BCUT2D eigenvalue weighted by Crippen LogP contribution is -2.42. The van der Waals surface area contributed by atoms with Crippen molar-refractivity contribution in [3.05, 3.63) is 27.7 Å². The van der Waals surface area contributed by atoms with Crippen LogP contribution in [0.15, 0.2) is 16.6 Å². The number of carbonyl (C=O) groups is 2. The van der Waals surface area contributed by atoms with Gasteiger partial charge in [-0.1, -0.05) is 22.4 Å². The van der Waals surface area contributed by atoms with Crippen LogP contribution in [0, 0.1) is 19.8 Å². The van der Waals surface area contributed by atoms with E-state index < -0.39 is 11.9 Å². The summed E-state index contributed by atoms with van der Waals surface area (Å²) in [5.74, 6) is -1.32.